The first-order valence-electron chi connectivity index (χ1n) is 9.15. The van der Waals surface area contributed by atoms with Gasteiger partial charge in [0, 0.05) is 31.6 Å². The molecule has 3 rings (SSSR count). The van der Waals surface area contributed by atoms with Crippen LogP contribution in [0.4, 0.5) is 4.39 Å². The van der Waals surface area contributed by atoms with E-state index in [1.54, 1.807) is 22.7 Å². The van der Waals surface area contributed by atoms with Crippen molar-refractivity contribution in [2.24, 2.45) is 13.0 Å². The van der Waals surface area contributed by atoms with Crippen molar-refractivity contribution in [1.82, 2.24) is 14.7 Å². The van der Waals surface area contributed by atoms with Gasteiger partial charge in [0.15, 0.2) is 0 Å². The number of nitrogens with zero attached hydrogens (tertiary/aromatic N) is 3. The number of amides is 1. The van der Waals surface area contributed by atoms with Gasteiger partial charge in [-0.2, -0.15) is 5.10 Å². The van der Waals surface area contributed by atoms with Gasteiger partial charge in [0.1, 0.15) is 11.5 Å². The summed E-state index contributed by atoms with van der Waals surface area (Å²) in [7, 11) is 1.79. The fraction of sp³-hybridized carbons (Fsp3) is 0.500. The first-order valence-corrected chi connectivity index (χ1v) is 9.15. The second-order valence-electron chi connectivity index (χ2n) is 7.10. The molecule has 0 aliphatic carbocycles. The van der Waals surface area contributed by atoms with Crippen molar-refractivity contribution in [1.29, 1.82) is 0 Å². The van der Waals surface area contributed by atoms with E-state index >= 15 is 0 Å². The number of benzene rings is 1. The van der Waals surface area contributed by atoms with Crippen LogP contribution in [-0.4, -0.2) is 44.9 Å². The third kappa shape index (κ3) is 3.65. The van der Waals surface area contributed by atoms with E-state index in [1.807, 2.05) is 19.9 Å². The number of piperidine rings is 1. The summed E-state index contributed by atoms with van der Waals surface area (Å²) in [5.74, 6) is -0.430. The number of rotatable bonds is 4. The Kier molecular flexibility index (Phi) is 5.41. The lowest BCUT2D eigenvalue weighted by Crippen LogP contribution is -2.47. The van der Waals surface area contributed by atoms with E-state index in [2.05, 4.69) is 5.10 Å². The molecule has 0 radical (unpaired) electrons. The summed E-state index contributed by atoms with van der Waals surface area (Å²) in [6.45, 7) is 4.94. The number of hydrogen-bond donors (Lipinski definition) is 1. The van der Waals surface area contributed by atoms with Crippen molar-refractivity contribution >= 4 is 5.91 Å². The smallest absolute Gasteiger partial charge is 0.272 e. The van der Waals surface area contributed by atoms with Crippen molar-refractivity contribution in [2.75, 3.05) is 13.1 Å². The zero-order valence-electron chi connectivity index (χ0n) is 15.6. The van der Waals surface area contributed by atoms with Crippen LogP contribution in [0.1, 0.15) is 40.7 Å². The Morgan fingerprint density at radius 1 is 1.42 bits per heavy atom. The number of aromatic nitrogens is 2. The molecule has 1 aliphatic rings. The maximum absolute atomic E-state index is 13.4. The second-order valence-corrected chi connectivity index (χ2v) is 7.10. The average Bonchev–Trinajstić information content (AvgIpc) is 2.90. The number of carbonyl (C=O) groups is 1. The highest BCUT2D eigenvalue weighted by atomic mass is 19.1. The van der Waals surface area contributed by atoms with Crippen molar-refractivity contribution in [3.63, 3.8) is 0 Å². The minimum Gasteiger partial charge on any atom is -0.393 e. The van der Waals surface area contributed by atoms with E-state index in [4.69, 9.17) is 0 Å². The number of halogens is 1. The molecule has 6 heteroatoms. The van der Waals surface area contributed by atoms with E-state index in [-0.39, 0.29) is 17.6 Å². The Morgan fingerprint density at radius 2 is 2.19 bits per heavy atom. The molecule has 0 spiro atoms. The first kappa shape index (κ1) is 18.6. The van der Waals surface area contributed by atoms with E-state index in [1.165, 1.54) is 12.1 Å². The van der Waals surface area contributed by atoms with Crippen LogP contribution >= 0.6 is 0 Å². The minimum atomic E-state index is -0.485. The van der Waals surface area contributed by atoms with E-state index in [0.29, 0.717) is 31.6 Å². The van der Waals surface area contributed by atoms with Gasteiger partial charge in [-0.1, -0.05) is 19.1 Å². The predicted octanol–water partition coefficient (Wildman–Crippen LogP) is 2.50. The third-order valence-electron chi connectivity index (χ3n) is 5.29. The van der Waals surface area contributed by atoms with Crippen molar-refractivity contribution in [3.05, 3.63) is 52.6 Å². The topological polar surface area (TPSA) is 58.4 Å². The van der Waals surface area contributed by atoms with Crippen LogP contribution in [0.5, 0.6) is 0 Å². The molecule has 1 aromatic heterocycles. The molecule has 0 bridgehead atoms. The molecular weight excluding hydrogens is 333 g/mol. The molecule has 2 atom stereocenters. The number of hydrogen-bond acceptors (Lipinski definition) is 3. The average molecular weight is 359 g/mol. The summed E-state index contributed by atoms with van der Waals surface area (Å²) in [5.41, 5.74) is 3.31. The van der Waals surface area contributed by atoms with Gasteiger partial charge in [0.05, 0.1) is 11.8 Å². The van der Waals surface area contributed by atoms with E-state index in [9.17, 15) is 14.3 Å². The Labute approximate surface area is 153 Å². The third-order valence-corrected chi connectivity index (χ3v) is 5.29. The van der Waals surface area contributed by atoms with E-state index in [0.717, 1.165) is 23.2 Å². The molecule has 1 saturated heterocycles. The first-order chi connectivity index (χ1) is 12.4. The van der Waals surface area contributed by atoms with Crippen LogP contribution in [0.25, 0.3) is 0 Å². The number of aliphatic hydroxyl groups is 1. The Hall–Kier alpha value is -2.21. The Balaban J connectivity index is 1.77. The summed E-state index contributed by atoms with van der Waals surface area (Å²) in [4.78, 5) is 14.8. The standard InChI is InChI=1S/C20H26FN3O2/c1-4-17-13(2)19(23(3)22-17)20(26)24-9-8-18(25)15(12-24)10-14-6-5-7-16(21)11-14/h5-7,11,15,18,25H,4,8-10,12H2,1-3H3/t15-,18-/m1/s1. The summed E-state index contributed by atoms with van der Waals surface area (Å²) in [6.07, 6.45) is 1.38. The lowest BCUT2D eigenvalue weighted by Gasteiger charge is -2.36. The molecular formula is C20H26FN3O2. The molecule has 0 unspecified atom stereocenters. The van der Waals surface area contributed by atoms with Crippen LogP contribution in [-0.2, 0) is 19.9 Å². The van der Waals surface area contributed by atoms with Crippen LogP contribution < -0.4 is 0 Å². The summed E-state index contributed by atoms with van der Waals surface area (Å²) < 4.78 is 15.1. The maximum Gasteiger partial charge on any atom is 0.272 e. The maximum atomic E-state index is 13.4. The lowest BCUT2D eigenvalue weighted by molar-refractivity contribution is 0.0235. The zero-order valence-corrected chi connectivity index (χ0v) is 15.6. The quantitative estimate of drug-likeness (QED) is 0.912. The van der Waals surface area contributed by atoms with Crippen LogP contribution in [0, 0.1) is 18.7 Å². The van der Waals surface area contributed by atoms with Gasteiger partial charge >= 0.3 is 0 Å². The SMILES string of the molecule is CCc1nn(C)c(C(=O)N2CC[C@@H](O)[C@H](Cc3cccc(F)c3)C2)c1C. The summed E-state index contributed by atoms with van der Waals surface area (Å²) in [5, 5.41) is 14.8. The molecule has 1 fully saturated rings. The van der Waals surface area contributed by atoms with E-state index < -0.39 is 6.10 Å². The van der Waals surface area contributed by atoms with Crippen molar-refractivity contribution < 1.29 is 14.3 Å². The second kappa shape index (κ2) is 7.58. The monoisotopic (exact) mass is 359 g/mol. The molecule has 1 amide bonds. The van der Waals surface area contributed by atoms with Gasteiger partial charge in [0.25, 0.3) is 5.91 Å². The Bertz CT molecular complexity index is 802. The minimum absolute atomic E-state index is 0.0478. The normalized spacial score (nSPS) is 20.4. The summed E-state index contributed by atoms with van der Waals surface area (Å²) in [6, 6.07) is 6.43. The number of likely N-dealkylation sites (tertiary alicyclic amines) is 1. The van der Waals surface area contributed by atoms with Gasteiger partial charge < -0.3 is 10.0 Å². The van der Waals surface area contributed by atoms with Crippen molar-refractivity contribution in [2.45, 2.75) is 39.2 Å². The lowest BCUT2D eigenvalue weighted by atomic mass is 9.88. The van der Waals surface area contributed by atoms with Gasteiger partial charge in [-0.3, -0.25) is 9.48 Å². The molecule has 0 saturated carbocycles. The van der Waals surface area contributed by atoms with Gasteiger partial charge in [-0.25, -0.2) is 4.39 Å². The van der Waals surface area contributed by atoms with Gasteiger partial charge in [-0.05, 0) is 43.9 Å². The summed E-state index contributed by atoms with van der Waals surface area (Å²) >= 11 is 0. The molecule has 2 aromatic rings. The predicted molar refractivity (Wildman–Crippen MR) is 97.4 cm³/mol. The number of aryl methyl sites for hydroxylation is 2. The number of aliphatic hydroxyl groups excluding tert-OH is 1. The molecule has 1 aromatic carbocycles. The number of carbonyl (C=O) groups excluding carboxylic acids is 1. The van der Waals surface area contributed by atoms with Gasteiger partial charge in [-0.15, -0.1) is 0 Å². The highest BCUT2D eigenvalue weighted by Crippen LogP contribution is 2.24. The fourth-order valence-electron chi connectivity index (χ4n) is 3.84. The largest absolute Gasteiger partial charge is 0.393 e. The fourth-order valence-corrected chi connectivity index (χ4v) is 3.84. The zero-order chi connectivity index (χ0) is 18.8. The molecule has 1 aliphatic heterocycles. The molecule has 26 heavy (non-hydrogen) atoms. The highest BCUT2D eigenvalue weighted by Gasteiger charge is 2.32. The highest BCUT2D eigenvalue weighted by molar-refractivity contribution is 5.94. The van der Waals surface area contributed by atoms with Crippen LogP contribution in [0.3, 0.4) is 0 Å². The molecule has 5 nitrogen and oxygen atoms in total. The van der Waals surface area contributed by atoms with Crippen LogP contribution in [0.15, 0.2) is 24.3 Å². The van der Waals surface area contributed by atoms with Crippen LogP contribution in [0.2, 0.25) is 0 Å². The van der Waals surface area contributed by atoms with Gasteiger partial charge in [0.2, 0.25) is 0 Å². The van der Waals surface area contributed by atoms with Crippen molar-refractivity contribution in [3.8, 4) is 0 Å². The Morgan fingerprint density at radius 3 is 2.85 bits per heavy atom. The molecule has 140 valence electrons. The molecule has 1 N–H and O–H groups in total. The molecule has 2 heterocycles.